The maximum Gasteiger partial charge on any atom is 0.0497 e. The Morgan fingerprint density at radius 2 is 1.33 bits per heavy atom. The average molecular weight is 311 g/mol. The molecule has 0 saturated heterocycles. The van der Waals surface area contributed by atoms with Gasteiger partial charge >= 0.3 is 0 Å². The predicted octanol–water partition coefficient (Wildman–Crippen LogP) is 6.32. The minimum atomic E-state index is 0.995. The fraction of sp³-hybridized carbons (Fsp3) is 0.130. The molecule has 0 aliphatic carbocycles. The lowest BCUT2D eigenvalue weighted by atomic mass is 9.92. The summed E-state index contributed by atoms with van der Waals surface area (Å²) in [7, 11) is 0. The largest absolute Gasteiger partial charge is 0.310 e. The van der Waals surface area contributed by atoms with Gasteiger partial charge in [0, 0.05) is 23.5 Å². The molecule has 0 saturated carbocycles. The van der Waals surface area contributed by atoms with Crippen LogP contribution >= 0.6 is 0 Å². The number of anilines is 3. The zero-order valence-corrected chi connectivity index (χ0v) is 14.2. The number of nitrogens with zero attached hydrogens (tertiary/aromatic N) is 1. The molecule has 24 heavy (non-hydrogen) atoms. The van der Waals surface area contributed by atoms with Crippen molar-refractivity contribution < 1.29 is 0 Å². The SMILES string of the molecule is C=Cc1ccc(N2c3ccc(C)cc3Cc3cc(C)ccc32)cc1. The Morgan fingerprint density at radius 3 is 1.83 bits per heavy atom. The third-order valence-electron chi connectivity index (χ3n) is 4.72. The summed E-state index contributed by atoms with van der Waals surface area (Å²) in [4.78, 5) is 2.37. The molecule has 0 bridgehead atoms. The fourth-order valence-electron chi connectivity index (χ4n) is 3.52. The topological polar surface area (TPSA) is 3.24 Å². The first-order valence-corrected chi connectivity index (χ1v) is 8.37. The normalized spacial score (nSPS) is 12.5. The van der Waals surface area contributed by atoms with Gasteiger partial charge in [0.1, 0.15) is 0 Å². The van der Waals surface area contributed by atoms with E-state index in [0.717, 1.165) is 12.0 Å². The van der Waals surface area contributed by atoms with E-state index in [1.807, 2.05) is 6.08 Å². The molecule has 1 heteroatoms. The van der Waals surface area contributed by atoms with Crippen LogP contribution in [0.2, 0.25) is 0 Å². The van der Waals surface area contributed by atoms with Crippen molar-refractivity contribution in [2.45, 2.75) is 20.3 Å². The molecule has 4 rings (SSSR count). The quantitative estimate of drug-likeness (QED) is 0.418. The fourth-order valence-corrected chi connectivity index (χ4v) is 3.52. The van der Waals surface area contributed by atoms with Crippen LogP contribution in [0, 0.1) is 13.8 Å². The van der Waals surface area contributed by atoms with E-state index >= 15 is 0 Å². The molecule has 0 spiro atoms. The van der Waals surface area contributed by atoms with Crippen LogP contribution in [0.5, 0.6) is 0 Å². The van der Waals surface area contributed by atoms with Crippen LogP contribution in [0.25, 0.3) is 6.08 Å². The van der Waals surface area contributed by atoms with E-state index in [9.17, 15) is 0 Å². The molecule has 0 fully saturated rings. The van der Waals surface area contributed by atoms with Crippen molar-refractivity contribution in [3.8, 4) is 0 Å². The molecule has 1 heterocycles. The zero-order valence-electron chi connectivity index (χ0n) is 14.2. The van der Waals surface area contributed by atoms with Gasteiger partial charge in [0.2, 0.25) is 0 Å². The number of fused-ring (bicyclic) bond motifs is 2. The van der Waals surface area contributed by atoms with E-state index < -0.39 is 0 Å². The van der Waals surface area contributed by atoms with Crippen LogP contribution in [-0.4, -0.2) is 0 Å². The molecule has 1 aliphatic rings. The van der Waals surface area contributed by atoms with Crippen LogP contribution in [-0.2, 0) is 6.42 Å². The second-order valence-electron chi connectivity index (χ2n) is 6.57. The Labute approximate surface area is 143 Å². The van der Waals surface area contributed by atoms with Gasteiger partial charge in [-0.3, -0.25) is 0 Å². The zero-order chi connectivity index (χ0) is 16.7. The van der Waals surface area contributed by atoms with E-state index in [1.54, 1.807) is 0 Å². The van der Waals surface area contributed by atoms with Crippen molar-refractivity contribution >= 4 is 23.1 Å². The van der Waals surface area contributed by atoms with E-state index in [-0.39, 0.29) is 0 Å². The molecule has 0 N–H and O–H groups in total. The highest BCUT2D eigenvalue weighted by Crippen LogP contribution is 2.44. The molecule has 0 atom stereocenters. The summed E-state index contributed by atoms with van der Waals surface area (Å²) in [5.74, 6) is 0. The summed E-state index contributed by atoms with van der Waals surface area (Å²) in [6, 6.07) is 22.1. The van der Waals surface area contributed by atoms with Crippen LogP contribution in [0.15, 0.2) is 67.2 Å². The van der Waals surface area contributed by atoms with E-state index in [0.29, 0.717) is 0 Å². The molecule has 3 aromatic rings. The van der Waals surface area contributed by atoms with Crippen molar-refractivity contribution in [3.63, 3.8) is 0 Å². The molecular formula is C23H21N. The van der Waals surface area contributed by atoms with Gasteiger partial charge in [-0.2, -0.15) is 0 Å². The summed E-state index contributed by atoms with van der Waals surface area (Å²) in [5, 5.41) is 0. The Hall–Kier alpha value is -2.80. The van der Waals surface area contributed by atoms with Crippen molar-refractivity contribution in [3.05, 3.63) is 95.1 Å². The Bertz CT molecular complexity index is 868. The van der Waals surface area contributed by atoms with E-state index in [4.69, 9.17) is 0 Å². The predicted molar refractivity (Wildman–Crippen MR) is 103 cm³/mol. The summed E-state index contributed by atoms with van der Waals surface area (Å²) < 4.78 is 0. The molecule has 0 unspecified atom stereocenters. The summed E-state index contributed by atoms with van der Waals surface area (Å²) >= 11 is 0. The smallest absolute Gasteiger partial charge is 0.0497 e. The monoisotopic (exact) mass is 311 g/mol. The summed E-state index contributed by atoms with van der Waals surface area (Å²) in [6.07, 6.45) is 2.88. The highest BCUT2D eigenvalue weighted by Gasteiger charge is 2.23. The maximum absolute atomic E-state index is 3.85. The molecule has 0 amide bonds. The lowest BCUT2D eigenvalue weighted by Crippen LogP contribution is -2.18. The van der Waals surface area contributed by atoms with E-state index in [1.165, 1.54) is 39.3 Å². The second kappa shape index (κ2) is 5.68. The second-order valence-corrected chi connectivity index (χ2v) is 6.57. The third kappa shape index (κ3) is 2.43. The van der Waals surface area contributed by atoms with Crippen molar-refractivity contribution in [1.82, 2.24) is 0 Å². The first kappa shape index (κ1) is 14.8. The molecule has 1 nitrogen and oxygen atoms in total. The van der Waals surface area contributed by atoms with Crippen LogP contribution in [0.3, 0.4) is 0 Å². The molecule has 118 valence electrons. The lowest BCUT2D eigenvalue weighted by Gasteiger charge is -2.34. The molecule has 0 aromatic heterocycles. The first-order valence-electron chi connectivity index (χ1n) is 8.37. The number of hydrogen-bond acceptors (Lipinski definition) is 1. The number of rotatable bonds is 2. The van der Waals surface area contributed by atoms with E-state index in [2.05, 4.69) is 86.0 Å². The van der Waals surface area contributed by atoms with Gasteiger partial charge in [-0.1, -0.05) is 60.2 Å². The number of benzene rings is 3. The lowest BCUT2D eigenvalue weighted by molar-refractivity contribution is 1.08. The summed E-state index contributed by atoms with van der Waals surface area (Å²) in [5.41, 5.74) is 10.3. The molecule has 0 radical (unpaired) electrons. The molecule has 3 aromatic carbocycles. The van der Waals surface area contributed by atoms with Gasteiger partial charge in [-0.25, -0.2) is 0 Å². The molecular weight excluding hydrogens is 290 g/mol. The standard InChI is InChI=1S/C23H21N/c1-4-18-7-9-21(10-8-18)24-22-11-5-16(2)13-19(22)15-20-14-17(3)6-12-23(20)24/h4-14H,1,15H2,2-3H3. The first-order chi connectivity index (χ1) is 11.7. The van der Waals surface area contributed by atoms with Gasteiger partial charge in [0.15, 0.2) is 0 Å². The number of hydrogen-bond donors (Lipinski definition) is 0. The van der Waals surface area contributed by atoms with Crippen molar-refractivity contribution in [2.75, 3.05) is 4.90 Å². The van der Waals surface area contributed by atoms with Gasteiger partial charge in [-0.15, -0.1) is 0 Å². The maximum atomic E-state index is 3.85. The Morgan fingerprint density at radius 1 is 0.792 bits per heavy atom. The van der Waals surface area contributed by atoms with Gasteiger partial charge < -0.3 is 4.90 Å². The Balaban J connectivity index is 1.93. The molecule has 1 aliphatic heterocycles. The number of aryl methyl sites for hydroxylation is 2. The van der Waals surface area contributed by atoms with Crippen molar-refractivity contribution in [2.24, 2.45) is 0 Å². The third-order valence-corrected chi connectivity index (χ3v) is 4.72. The van der Waals surface area contributed by atoms with Crippen LogP contribution in [0.1, 0.15) is 27.8 Å². The van der Waals surface area contributed by atoms with Gasteiger partial charge in [0.05, 0.1) is 0 Å². The van der Waals surface area contributed by atoms with Crippen LogP contribution in [0.4, 0.5) is 17.1 Å². The van der Waals surface area contributed by atoms with Crippen LogP contribution < -0.4 is 4.90 Å². The van der Waals surface area contributed by atoms with Gasteiger partial charge in [-0.05, 0) is 54.8 Å². The van der Waals surface area contributed by atoms with Crippen molar-refractivity contribution in [1.29, 1.82) is 0 Å². The highest BCUT2D eigenvalue weighted by molar-refractivity contribution is 5.84. The minimum absolute atomic E-state index is 0.995. The summed E-state index contributed by atoms with van der Waals surface area (Å²) in [6.45, 7) is 8.17. The van der Waals surface area contributed by atoms with Gasteiger partial charge in [0.25, 0.3) is 0 Å². The average Bonchev–Trinajstić information content (AvgIpc) is 2.59. The minimum Gasteiger partial charge on any atom is -0.310 e. The Kier molecular flexibility index (Phi) is 3.50. The highest BCUT2D eigenvalue weighted by atomic mass is 15.2.